The number of hydrogen-bond acceptors (Lipinski definition) is 3. The highest BCUT2D eigenvalue weighted by Gasteiger charge is 2.07. The zero-order valence-electron chi connectivity index (χ0n) is 14.2. The highest BCUT2D eigenvalue weighted by Crippen LogP contribution is 2.27. The Labute approximate surface area is 143 Å². The standard InChI is InChI=1S/C21H23NO2/c1-15-11-16(2)13-18(12-15)23-9-10-24-21-8-7-17-5-3-4-6-19(17)20(21)14-22/h3-8,11-13H,9-10,14,22H2,1-2H3. The van der Waals surface area contributed by atoms with Gasteiger partial charge >= 0.3 is 0 Å². The largest absolute Gasteiger partial charge is 0.490 e. The van der Waals surface area contributed by atoms with E-state index in [1.54, 1.807) is 0 Å². The molecule has 0 unspecified atom stereocenters. The summed E-state index contributed by atoms with van der Waals surface area (Å²) < 4.78 is 11.7. The van der Waals surface area contributed by atoms with Crippen LogP contribution in [0.2, 0.25) is 0 Å². The fourth-order valence-electron chi connectivity index (χ4n) is 2.99. The lowest BCUT2D eigenvalue weighted by molar-refractivity contribution is 0.216. The Hall–Kier alpha value is -2.52. The number of nitrogens with two attached hydrogens (primary N) is 1. The molecular formula is C21H23NO2. The molecule has 0 atom stereocenters. The summed E-state index contributed by atoms with van der Waals surface area (Å²) in [5, 5.41) is 2.32. The molecule has 3 aromatic rings. The molecule has 0 bridgehead atoms. The summed E-state index contributed by atoms with van der Waals surface area (Å²) in [6.07, 6.45) is 0. The van der Waals surface area contributed by atoms with Crippen LogP contribution in [0.3, 0.4) is 0 Å². The van der Waals surface area contributed by atoms with Gasteiger partial charge in [-0.05, 0) is 53.9 Å². The van der Waals surface area contributed by atoms with Crippen LogP contribution in [0.4, 0.5) is 0 Å². The molecule has 3 rings (SSSR count). The van der Waals surface area contributed by atoms with Gasteiger partial charge in [0.2, 0.25) is 0 Å². The average Bonchev–Trinajstić information content (AvgIpc) is 2.57. The Morgan fingerprint density at radius 2 is 1.54 bits per heavy atom. The Bertz CT molecular complexity index is 822. The summed E-state index contributed by atoms with van der Waals surface area (Å²) in [7, 11) is 0. The fourth-order valence-corrected chi connectivity index (χ4v) is 2.99. The lowest BCUT2D eigenvalue weighted by Crippen LogP contribution is -2.11. The minimum absolute atomic E-state index is 0.453. The second kappa shape index (κ2) is 7.37. The zero-order chi connectivity index (χ0) is 16.9. The van der Waals surface area contributed by atoms with Crippen LogP contribution in [-0.4, -0.2) is 13.2 Å². The minimum Gasteiger partial charge on any atom is -0.490 e. The fraction of sp³-hybridized carbons (Fsp3) is 0.238. The number of ether oxygens (including phenoxy) is 2. The van der Waals surface area contributed by atoms with Crippen LogP contribution in [0.1, 0.15) is 16.7 Å². The molecule has 0 saturated heterocycles. The second-order valence-corrected chi connectivity index (χ2v) is 5.99. The second-order valence-electron chi connectivity index (χ2n) is 5.99. The third-order valence-electron chi connectivity index (χ3n) is 4.01. The third kappa shape index (κ3) is 3.69. The summed E-state index contributed by atoms with van der Waals surface area (Å²) in [6, 6.07) is 18.5. The van der Waals surface area contributed by atoms with Crippen molar-refractivity contribution in [2.24, 2.45) is 5.73 Å². The van der Waals surface area contributed by atoms with Gasteiger partial charge in [-0.1, -0.05) is 36.4 Å². The quantitative estimate of drug-likeness (QED) is 0.686. The number of benzene rings is 3. The molecule has 3 aromatic carbocycles. The van der Waals surface area contributed by atoms with Gasteiger partial charge in [0, 0.05) is 12.1 Å². The van der Waals surface area contributed by atoms with E-state index in [1.165, 1.54) is 16.5 Å². The predicted molar refractivity (Wildman–Crippen MR) is 98.7 cm³/mol. The van der Waals surface area contributed by atoms with Gasteiger partial charge in [0.15, 0.2) is 0 Å². The van der Waals surface area contributed by atoms with E-state index in [0.717, 1.165) is 22.4 Å². The summed E-state index contributed by atoms with van der Waals surface area (Å²) in [4.78, 5) is 0. The van der Waals surface area contributed by atoms with Gasteiger partial charge in [0.1, 0.15) is 24.7 Å². The molecule has 3 heteroatoms. The normalized spacial score (nSPS) is 10.8. The van der Waals surface area contributed by atoms with Gasteiger partial charge < -0.3 is 15.2 Å². The first-order valence-electron chi connectivity index (χ1n) is 8.22. The number of aryl methyl sites for hydroxylation is 2. The van der Waals surface area contributed by atoms with Crippen LogP contribution in [0.25, 0.3) is 10.8 Å². The molecule has 0 aliphatic carbocycles. The Balaban J connectivity index is 1.65. The summed E-state index contributed by atoms with van der Waals surface area (Å²) >= 11 is 0. The van der Waals surface area contributed by atoms with Gasteiger partial charge in [0.05, 0.1) is 0 Å². The van der Waals surface area contributed by atoms with Gasteiger partial charge in [-0.15, -0.1) is 0 Å². The third-order valence-corrected chi connectivity index (χ3v) is 4.01. The van der Waals surface area contributed by atoms with E-state index < -0.39 is 0 Å². The van der Waals surface area contributed by atoms with Crippen molar-refractivity contribution >= 4 is 10.8 Å². The van der Waals surface area contributed by atoms with Crippen molar-refractivity contribution in [2.45, 2.75) is 20.4 Å². The summed E-state index contributed by atoms with van der Waals surface area (Å²) in [5.41, 5.74) is 9.38. The van der Waals surface area contributed by atoms with E-state index >= 15 is 0 Å². The highest BCUT2D eigenvalue weighted by atomic mass is 16.5. The molecule has 0 heterocycles. The van der Waals surface area contributed by atoms with Crippen molar-refractivity contribution in [1.82, 2.24) is 0 Å². The monoisotopic (exact) mass is 321 g/mol. The lowest BCUT2D eigenvalue weighted by Gasteiger charge is -2.14. The van der Waals surface area contributed by atoms with E-state index in [2.05, 4.69) is 38.1 Å². The average molecular weight is 321 g/mol. The number of fused-ring (bicyclic) bond motifs is 1. The molecule has 0 amide bonds. The van der Waals surface area contributed by atoms with E-state index in [-0.39, 0.29) is 0 Å². The minimum atomic E-state index is 0.453. The Morgan fingerprint density at radius 1 is 0.833 bits per heavy atom. The molecule has 0 aromatic heterocycles. The van der Waals surface area contributed by atoms with Crippen LogP contribution in [0.15, 0.2) is 54.6 Å². The van der Waals surface area contributed by atoms with Crippen molar-refractivity contribution < 1.29 is 9.47 Å². The van der Waals surface area contributed by atoms with E-state index in [9.17, 15) is 0 Å². The van der Waals surface area contributed by atoms with Crippen LogP contribution in [-0.2, 0) is 6.54 Å². The van der Waals surface area contributed by atoms with Gasteiger partial charge in [-0.3, -0.25) is 0 Å². The lowest BCUT2D eigenvalue weighted by atomic mass is 10.0. The van der Waals surface area contributed by atoms with Crippen LogP contribution in [0, 0.1) is 13.8 Å². The number of rotatable bonds is 6. The maximum Gasteiger partial charge on any atom is 0.124 e. The molecule has 0 fully saturated rings. The molecule has 0 radical (unpaired) electrons. The number of hydrogen-bond donors (Lipinski definition) is 1. The SMILES string of the molecule is Cc1cc(C)cc(OCCOc2ccc3ccccc3c2CN)c1. The Kier molecular flexibility index (Phi) is 5.02. The maximum atomic E-state index is 5.93. The topological polar surface area (TPSA) is 44.5 Å². The van der Waals surface area contributed by atoms with Crippen molar-refractivity contribution in [3.63, 3.8) is 0 Å². The first kappa shape index (κ1) is 16.3. The molecule has 0 spiro atoms. The van der Waals surface area contributed by atoms with E-state index in [4.69, 9.17) is 15.2 Å². The highest BCUT2D eigenvalue weighted by molar-refractivity contribution is 5.87. The smallest absolute Gasteiger partial charge is 0.124 e. The molecule has 2 N–H and O–H groups in total. The zero-order valence-corrected chi connectivity index (χ0v) is 14.2. The van der Waals surface area contributed by atoms with Crippen molar-refractivity contribution in [3.8, 4) is 11.5 Å². The molecule has 124 valence electrons. The van der Waals surface area contributed by atoms with Crippen LogP contribution < -0.4 is 15.2 Å². The molecule has 0 saturated carbocycles. The van der Waals surface area contributed by atoms with Crippen molar-refractivity contribution in [2.75, 3.05) is 13.2 Å². The Morgan fingerprint density at radius 3 is 2.29 bits per heavy atom. The van der Waals surface area contributed by atoms with Gasteiger partial charge in [-0.25, -0.2) is 0 Å². The van der Waals surface area contributed by atoms with Crippen molar-refractivity contribution in [1.29, 1.82) is 0 Å². The summed E-state index contributed by atoms with van der Waals surface area (Å²) in [6.45, 7) is 5.57. The van der Waals surface area contributed by atoms with Crippen LogP contribution >= 0.6 is 0 Å². The molecule has 0 aliphatic heterocycles. The maximum absolute atomic E-state index is 5.93. The van der Waals surface area contributed by atoms with Gasteiger partial charge in [0.25, 0.3) is 0 Å². The molecule has 24 heavy (non-hydrogen) atoms. The van der Waals surface area contributed by atoms with E-state index in [0.29, 0.717) is 19.8 Å². The molecule has 3 nitrogen and oxygen atoms in total. The molecule has 0 aliphatic rings. The first-order chi connectivity index (χ1) is 11.7. The summed E-state index contributed by atoms with van der Waals surface area (Å²) in [5.74, 6) is 1.72. The first-order valence-corrected chi connectivity index (χ1v) is 8.22. The van der Waals surface area contributed by atoms with E-state index in [1.807, 2.05) is 30.3 Å². The van der Waals surface area contributed by atoms with Crippen LogP contribution in [0.5, 0.6) is 11.5 Å². The van der Waals surface area contributed by atoms with Crippen molar-refractivity contribution in [3.05, 3.63) is 71.3 Å². The predicted octanol–water partition coefficient (Wildman–Crippen LogP) is 4.37. The van der Waals surface area contributed by atoms with Gasteiger partial charge in [-0.2, -0.15) is 0 Å². The molecular weight excluding hydrogens is 298 g/mol.